The molecule has 5 heteroatoms. The van der Waals surface area contributed by atoms with Crippen LogP contribution in [-0.2, 0) is 13.0 Å². The van der Waals surface area contributed by atoms with Crippen LogP contribution in [0.25, 0.3) is 5.65 Å². The third-order valence-electron chi connectivity index (χ3n) is 6.57. The number of nitrogens with zero attached hydrogens (tertiary/aromatic N) is 4. The first-order valence-corrected chi connectivity index (χ1v) is 11.8. The van der Waals surface area contributed by atoms with Gasteiger partial charge in [0.15, 0.2) is 11.4 Å². The number of likely N-dealkylation sites (tertiary alicyclic amines) is 1. The Balaban J connectivity index is 1.32. The highest BCUT2D eigenvalue weighted by Gasteiger charge is 2.14. The van der Waals surface area contributed by atoms with Gasteiger partial charge < -0.3 is 0 Å². The van der Waals surface area contributed by atoms with E-state index >= 15 is 0 Å². The van der Waals surface area contributed by atoms with Crippen molar-refractivity contribution < 1.29 is 4.79 Å². The first kappa shape index (κ1) is 22.1. The summed E-state index contributed by atoms with van der Waals surface area (Å²) in [6.45, 7) is 7.54. The van der Waals surface area contributed by atoms with Crippen LogP contribution in [-0.4, -0.2) is 38.1 Å². The van der Waals surface area contributed by atoms with E-state index in [9.17, 15) is 4.79 Å². The summed E-state index contributed by atoms with van der Waals surface area (Å²) in [6, 6.07) is 12.2. The number of imidazole rings is 1. The zero-order valence-electron chi connectivity index (χ0n) is 19.7. The Kier molecular flexibility index (Phi) is 6.24. The van der Waals surface area contributed by atoms with Crippen LogP contribution >= 0.6 is 0 Å². The second-order valence-electron chi connectivity index (χ2n) is 9.07. The molecule has 1 aliphatic rings. The number of carbonyl (C=O) groups excluding carboxylic acids is 1. The normalized spacial score (nSPS) is 13.7. The average molecular weight is 449 g/mol. The minimum atomic E-state index is 0.107. The van der Waals surface area contributed by atoms with E-state index in [-0.39, 0.29) is 5.78 Å². The van der Waals surface area contributed by atoms with Gasteiger partial charge in [0, 0.05) is 36.5 Å². The summed E-state index contributed by atoms with van der Waals surface area (Å²) in [6.07, 6.45) is 9.99. The minimum Gasteiger partial charge on any atom is -0.299 e. The standard InChI is InChI=1S/C29H28N4O/c1-21-5-7-25(17-24(21)9-10-27-18-31-29-19-30-11-14-33(27)29)28(34)16-23-6-8-26(22(2)15-23)20-32-12-3-4-13-32/h5-8,11,14-15,17-19H,3-4,12-13,16,20H2,1-2H3. The summed E-state index contributed by atoms with van der Waals surface area (Å²) in [5.41, 5.74) is 7.81. The maximum Gasteiger partial charge on any atom is 0.167 e. The summed E-state index contributed by atoms with van der Waals surface area (Å²) in [5, 5.41) is 0. The maximum absolute atomic E-state index is 13.1. The van der Waals surface area contributed by atoms with E-state index in [2.05, 4.69) is 51.8 Å². The Hall–Kier alpha value is -3.75. The smallest absolute Gasteiger partial charge is 0.167 e. The molecule has 5 rings (SSSR count). The fraction of sp³-hybridized carbons (Fsp3) is 0.276. The molecular formula is C29H28N4O. The first-order chi connectivity index (χ1) is 16.6. The predicted molar refractivity (Wildman–Crippen MR) is 134 cm³/mol. The molecule has 0 unspecified atom stereocenters. The molecule has 4 aromatic rings. The fourth-order valence-corrected chi connectivity index (χ4v) is 4.51. The molecule has 5 nitrogen and oxygen atoms in total. The summed E-state index contributed by atoms with van der Waals surface area (Å²) in [4.78, 5) is 24.0. The SMILES string of the molecule is Cc1ccc(C(=O)Cc2ccc(CN3CCCC3)c(C)c2)cc1C#Cc1cnc2cnccn12. The van der Waals surface area contributed by atoms with Crippen molar-refractivity contribution in [2.45, 2.75) is 39.7 Å². The Labute approximate surface area is 200 Å². The molecule has 0 bridgehead atoms. The molecule has 1 fully saturated rings. The quantitative estimate of drug-likeness (QED) is 0.326. The number of ketones is 1. The number of aryl methyl sites for hydroxylation is 2. The number of rotatable bonds is 5. The van der Waals surface area contributed by atoms with Crippen LogP contribution < -0.4 is 0 Å². The third kappa shape index (κ3) is 4.78. The predicted octanol–water partition coefficient (Wildman–Crippen LogP) is 4.77. The van der Waals surface area contributed by atoms with E-state index in [0.717, 1.165) is 34.6 Å². The Morgan fingerprint density at radius 3 is 2.68 bits per heavy atom. The summed E-state index contributed by atoms with van der Waals surface area (Å²) < 4.78 is 1.90. The molecule has 0 atom stereocenters. The number of aromatic nitrogens is 3. The molecule has 3 heterocycles. The zero-order chi connectivity index (χ0) is 23.5. The van der Waals surface area contributed by atoms with Crippen LogP contribution in [0.2, 0.25) is 0 Å². The number of Topliss-reactive ketones (excluding diaryl/α,β-unsaturated/α-hetero) is 1. The van der Waals surface area contributed by atoms with Crippen molar-refractivity contribution in [3.63, 3.8) is 0 Å². The van der Waals surface area contributed by atoms with Crippen LogP contribution in [0.3, 0.4) is 0 Å². The third-order valence-corrected chi connectivity index (χ3v) is 6.57. The molecule has 170 valence electrons. The fourth-order valence-electron chi connectivity index (χ4n) is 4.51. The molecule has 34 heavy (non-hydrogen) atoms. The molecule has 0 N–H and O–H groups in total. The average Bonchev–Trinajstić information content (AvgIpc) is 3.50. The lowest BCUT2D eigenvalue weighted by Gasteiger charge is -2.17. The molecule has 1 aliphatic heterocycles. The van der Waals surface area contributed by atoms with Gasteiger partial charge in [-0.1, -0.05) is 36.3 Å². The van der Waals surface area contributed by atoms with Crippen molar-refractivity contribution in [1.29, 1.82) is 0 Å². The van der Waals surface area contributed by atoms with Crippen molar-refractivity contribution >= 4 is 11.4 Å². The van der Waals surface area contributed by atoms with Crippen LogP contribution in [0.5, 0.6) is 0 Å². The summed E-state index contributed by atoms with van der Waals surface area (Å²) in [5.74, 6) is 6.53. The molecule has 2 aromatic carbocycles. The Bertz CT molecular complexity index is 1420. The van der Waals surface area contributed by atoms with E-state index in [1.165, 1.54) is 37.1 Å². The van der Waals surface area contributed by atoms with Gasteiger partial charge in [-0.2, -0.15) is 0 Å². The van der Waals surface area contributed by atoms with Gasteiger partial charge in [0.1, 0.15) is 5.69 Å². The van der Waals surface area contributed by atoms with Crippen LogP contribution in [0.1, 0.15) is 56.7 Å². The molecule has 0 spiro atoms. The van der Waals surface area contributed by atoms with Crippen LogP contribution in [0.4, 0.5) is 0 Å². The highest BCUT2D eigenvalue weighted by molar-refractivity contribution is 5.98. The molecule has 0 amide bonds. The largest absolute Gasteiger partial charge is 0.299 e. The van der Waals surface area contributed by atoms with Gasteiger partial charge >= 0.3 is 0 Å². The van der Waals surface area contributed by atoms with E-state index in [1.54, 1.807) is 18.6 Å². The van der Waals surface area contributed by atoms with Gasteiger partial charge in [-0.05, 0) is 74.0 Å². The van der Waals surface area contributed by atoms with Crippen molar-refractivity contribution in [3.05, 3.63) is 100 Å². The van der Waals surface area contributed by atoms with Crippen molar-refractivity contribution in [3.8, 4) is 11.8 Å². The van der Waals surface area contributed by atoms with Crippen LogP contribution in [0, 0.1) is 25.7 Å². The van der Waals surface area contributed by atoms with Gasteiger partial charge in [0.05, 0.1) is 12.4 Å². The monoisotopic (exact) mass is 448 g/mol. The van der Waals surface area contributed by atoms with Gasteiger partial charge in [-0.3, -0.25) is 19.1 Å². The van der Waals surface area contributed by atoms with E-state index < -0.39 is 0 Å². The molecule has 0 aliphatic carbocycles. The lowest BCUT2D eigenvalue weighted by atomic mass is 9.97. The molecule has 1 saturated heterocycles. The van der Waals surface area contributed by atoms with Crippen molar-refractivity contribution in [1.82, 2.24) is 19.3 Å². The number of fused-ring (bicyclic) bond motifs is 1. The zero-order valence-corrected chi connectivity index (χ0v) is 19.7. The number of hydrogen-bond donors (Lipinski definition) is 0. The Morgan fingerprint density at radius 2 is 1.85 bits per heavy atom. The second-order valence-corrected chi connectivity index (χ2v) is 9.07. The number of hydrogen-bond acceptors (Lipinski definition) is 4. The van der Waals surface area contributed by atoms with Crippen LogP contribution in [0.15, 0.2) is 61.2 Å². The maximum atomic E-state index is 13.1. The first-order valence-electron chi connectivity index (χ1n) is 11.8. The Morgan fingerprint density at radius 1 is 1.00 bits per heavy atom. The number of carbonyl (C=O) groups is 1. The molecule has 0 radical (unpaired) electrons. The topological polar surface area (TPSA) is 50.5 Å². The lowest BCUT2D eigenvalue weighted by Crippen LogP contribution is -2.19. The second kappa shape index (κ2) is 9.62. The van der Waals surface area contributed by atoms with E-state index in [0.29, 0.717) is 12.0 Å². The van der Waals surface area contributed by atoms with Gasteiger partial charge in [0.25, 0.3) is 0 Å². The highest BCUT2D eigenvalue weighted by Crippen LogP contribution is 2.19. The van der Waals surface area contributed by atoms with E-state index in [1.807, 2.05) is 35.7 Å². The summed E-state index contributed by atoms with van der Waals surface area (Å²) >= 11 is 0. The van der Waals surface area contributed by atoms with Crippen molar-refractivity contribution in [2.24, 2.45) is 0 Å². The van der Waals surface area contributed by atoms with Gasteiger partial charge in [0.2, 0.25) is 0 Å². The molecule has 0 saturated carbocycles. The molecule has 2 aromatic heterocycles. The van der Waals surface area contributed by atoms with Crippen molar-refractivity contribution in [2.75, 3.05) is 13.1 Å². The molecular weight excluding hydrogens is 420 g/mol. The highest BCUT2D eigenvalue weighted by atomic mass is 16.1. The lowest BCUT2D eigenvalue weighted by molar-refractivity contribution is 0.0993. The summed E-state index contributed by atoms with van der Waals surface area (Å²) in [7, 11) is 0. The minimum absolute atomic E-state index is 0.107. The van der Waals surface area contributed by atoms with Gasteiger partial charge in [-0.25, -0.2) is 4.98 Å². The number of benzene rings is 2. The van der Waals surface area contributed by atoms with E-state index in [4.69, 9.17) is 0 Å². The van der Waals surface area contributed by atoms with Gasteiger partial charge in [-0.15, -0.1) is 0 Å².